The van der Waals surface area contributed by atoms with E-state index in [9.17, 15) is 4.79 Å². The van der Waals surface area contributed by atoms with Gasteiger partial charge in [0, 0.05) is 0 Å². The predicted octanol–water partition coefficient (Wildman–Crippen LogP) is 0.559. The molecule has 1 rings (SSSR count). The van der Waals surface area contributed by atoms with Crippen LogP contribution < -0.4 is 0 Å². The SMILES string of the molecule is C#CC1CCCCN1CC(=O)O. The maximum absolute atomic E-state index is 10.4. The van der Waals surface area contributed by atoms with E-state index in [-0.39, 0.29) is 12.6 Å². The molecule has 1 unspecified atom stereocenters. The normalized spacial score (nSPS) is 24.8. The van der Waals surface area contributed by atoms with Gasteiger partial charge in [0.2, 0.25) is 0 Å². The van der Waals surface area contributed by atoms with Crippen LogP contribution >= 0.6 is 0 Å². The minimum absolute atomic E-state index is 0.0369. The van der Waals surface area contributed by atoms with Gasteiger partial charge in [0.05, 0.1) is 12.6 Å². The number of terminal acetylenes is 1. The fourth-order valence-electron chi connectivity index (χ4n) is 1.54. The molecule has 3 heteroatoms. The number of carbonyl (C=O) groups is 1. The first-order valence-electron chi connectivity index (χ1n) is 4.16. The quantitative estimate of drug-likeness (QED) is 0.611. The van der Waals surface area contributed by atoms with Crippen LogP contribution in [0.25, 0.3) is 0 Å². The molecular formula is C9H13NO2. The topological polar surface area (TPSA) is 40.5 Å². The van der Waals surface area contributed by atoms with Crippen molar-refractivity contribution in [3.8, 4) is 12.3 Å². The van der Waals surface area contributed by atoms with Gasteiger partial charge in [-0.2, -0.15) is 0 Å². The van der Waals surface area contributed by atoms with E-state index in [0.29, 0.717) is 0 Å². The molecule has 1 N–H and O–H groups in total. The second-order valence-electron chi connectivity index (χ2n) is 3.04. The van der Waals surface area contributed by atoms with Gasteiger partial charge in [-0.3, -0.25) is 9.69 Å². The van der Waals surface area contributed by atoms with Crippen molar-refractivity contribution >= 4 is 5.97 Å². The molecule has 0 saturated carbocycles. The molecule has 0 amide bonds. The van der Waals surface area contributed by atoms with Gasteiger partial charge in [0.1, 0.15) is 0 Å². The maximum atomic E-state index is 10.4. The third-order valence-electron chi connectivity index (χ3n) is 2.14. The summed E-state index contributed by atoms with van der Waals surface area (Å²) in [5, 5.41) is 8.57. The Balaban J connectivity index is 2.48. The van der Waals surface area contributed by atoms with Crippen molar-refractivity contribution in [2.24, 2.45) is 0 Å². The Hall–Kier alpha value is -1.01. The summed E-state index contributed by atoms with van der Waals surface area (Å²) < 4.78 is 0. The summed E-state index contributed by atoms with van der Waals surface area (Å²) >= 11 is 0. The number of carboxylic acid groups (broad SMARTS) is 1. The molecule has 0 bridgehead atoms. The first kappa shape index (κ1) is 9.08. The van der Waals surface area contributed by atoms with Crippen LogP contribution in [0.2, 0.25) is 0 Å². The van der Waals surface area contributed by atoms with Crippen LogP contribution in [0.3, 0.4) is 0 Å². The van der Waals surface area contributed by atoms with Crippen molar-refractivity contribution in [1.29, 1.82) is 0 Å². The molecular weight excluding hydrogens is 154 g/mol. The number of aliphatic carboxylic acids is 1. The Morgan fingerprint density at radius 3 is 3.00 bits per heavy atom. The Bertz CT molecular complexity index is 207. The van der Waals surface area contributed by atoms with Crippen LogP contribution in [-0.4, -0.2) is 35.1 Å². The van der Waals surface area contributed by atoms with Gasteiger partial charge in [-0.15, -0.1) is 6.42 Å². The van der Waals surface area contributed by atoms with Gasteiger partial charge in [-0.25, -0.2) is 0 Å². The smallest absolute Gasteiger partial charge is 0.317 e. The fourth-order valence-corrected chi connectivity index (χ4v) is 1.54. The van der Waals surface area contributed by atoms with Crippen LogP contribution in [0.5, 0.6) is 0 Å². The summed E-state index contributed by atoms with van der Waals surface area (Å²) in [4.78, 5) is 12.3. The largest absolute Gasteiger partial charge is 0.480 e. The minimum atomic E-state index is -0.794. The van der Waals surface area contributed by atoms with Gasteiger partial charge >= 0.3 is 5.97 Å². The number of carboxylic acids is 1. The number of piperidine rings is 1. The monoisotopic (exact) mass is 167 g/mol. The molecule has 1 heterocycles. The molecule has 1 atom stereocenters. The van der Waals surface area contributed by atoms with Gasteiger partial charge in [-0.1, -0.05) is 5.92 Å². The molecule has 1 aliphatic heterocycles. The van der Waals surface area contributed by atoms with Crippen molar-refractivity contribution in [3.05, 3.63) is 0 Å². The predicted molar refractivity (Wildman–Crippen MR) is 45.7 cm³/mol. The summed E-state index contributed by atoms with van der Waals surface area (Å²) in [5.41, 5.74) is 0. The molecule has 0 aliphatic carbocycles. The molecule has 1 aliphatic rings. The molecule has 0 aromatic heterocycles. The molecule has 12 heavy (non-hydrogen) atoms. The molecule has 3 nitrogen and oxygen atoms in total. The van der Waals surface area contributed by atoms with Crippen molar-refractivity contribution in [2.75, 3.05) is 13.1 Å². The molecule has 66 valence electrons. The summed E-state index contributed by atoms with van der Waals surface area (Å²) in [7, 11) is 0. The number of nitrogens with zero attached hydrogens (tertiary/aromatic N) is 1. The highest BCUT2D eigenvalue weighted by Gasteiger charge is 2.21. The average molecular weight is 167 g/mol. The van der Waals surface area contributed by atoms with Crippen LogP contribution in [0.1, 0.15) is 19.3 Å². The van der Waals surface area contributed by atoms with E-state index in [1.165, 1.54) is 0 Å². The van der Waals surface area contributed by atoms with Gasteiger partial charge in [0.25, 0.3) is 0 Å². The zero-order valence-electron chi connectivity index (χ0n) is 6.99. The van der Waals surface area contributed by atoms with Crippen LogP contribution in [0.4, 0.5) is 0 Å². The van der Waals surface area contributed by atoms with Gasteiger partial charge < -0.3 is 5.11 Å². The molecule has 1 saturated heterocycles. The number of likely N-dealkylation sites (tertiary alicyclic amines) is 1. The minimum Gasteiger partial charge on any atom is -0.480 e. The first-order chi connectivity index (χ1) is 5.74. The maximum Gasteiger partial charge on any atom is 0.317 e. The lowest BCUT2D eigenvalue weighted by molar-refractivity contribution is -0.138. The number of hydrogen-bond acceptors (Lipinski definition) is 2. The Morgan fingerprint density at radius 1 is 1.67 bits per heavy atom. The van der Waals surface area contributed by atoms with E-state index in [0.717, 1.165) is 25.8 Å². The highest BCUT2D eigenvalue weighted by atomic mass is 16.4. The van der Waals surface area contributed by atoms with E-state index >= 15 is 0 Å². The zero-order chi connectivity index (χ0) is 8.97. The lowest BCUT2D eigenvalue weighted by Crippen LogP contribution is -2.41. The van der Waals surface area contributed by atoms with E-state index < -0.39 is 5.97 Å². The van der Waals surface area contributed by atoms with E-state index in [1.54, 1.807) is 0 Å². The lowest BCUT2D eigenvalue weighted by Gasteiger charge is -2.30. The third kappa shape index (κ3) is 2.24. The zero-order valence-corrected chi connectivity index (χ0v) is 6.99. The first-order valence-corrected chi connectivity index (χ1v) is 4.16. The highest BCUT2D eigenvalue weighted by Crippen LogP contribution is 2.15. The van der Waals surface area contributed by atoms with Crippen LogP contribution in [0, 0.1) is 12.3 Å². The summed E-state index contributed by atoms with van der Waals surface area (Å²) in [5.74, 6) is 1.83. The Morgan fingerprint density at radius 2 is 2.42 bits per heavy atom. The van der Waals surface area contributed by atoms with Gasteiger partial charge in [0.15, 0.2) is 0 Å². The molecule has 1 fully saturated rings. The summed E-state index contributed by atoms with van der Waals surface area (Å²) in [6.45, 7) is 0.899. The second kappa shape index (κ2) is 4.13. The Kier molecular flexibility index (Phi) is 3.12. The molecule has 0 spiro atoms. The highest BCUT2D eigenvalue weighted by molar-refractivity contribution is 5.69. The van der Waals surface area contributed by atoms with Crippen molar-refractivity contribution < 1.29 is 9.90 Å². The molecule has 0 aromatic rings. The molecule has 0 radical (unpaired) electrons. The standard InChI is InChI=1S/C9H13NO2/c1-2-8-5-3-4-6-10(8)7-9(11)12/h1,8H,3-7H2,(H,11,12). The number of hydrogen-bond donors (Lipinski definition) is 1. The fraction of sp³-hybridized carbons (Fsp3) is 0.667. The van der Waals surface area contributed by atoms with E-state index in [4.69, 9.17) is 11.5 Å². The second-order valence-corrected chi connectivity index (χ2v) is 3.04. The van der Waals surface area contributed by atoms with Crippen LogP contribution in [-0.2, 0) is 4.79 Å². The summed E-state index contributed by atoms with van der Waals surface area (Å²) in [6.07, 6.45) is 8.40. The van der Waals surface area contributed by atoms with Crippen molar-refractivity contribution in [1.82, 2.24) is 4.90 Å². The van der Waals surface area contributed by atoms with Crippen molar-refractivity contribution in [3.63, 3.8) is 0 Å². The van der Waals surface area contributed by atoms with Crippen LogP contribution in [0.15, 0.2) is 0 Å². The Labute approximate surface area is 72.4 Å². The average Bonchev–Trinajstić information content (AvgIpc) is 2.04. The van der Waals surface area contributed by atoms with E-state index in [2.05, 4.69) is 5.92 Å². The number of rotatable bonds is 2. The van der Waals surface area contributed by atoms with Gasteiger partial charge in [-0.05, 0) is 25.8 Å². The molecule has 0 aromatic carbocycles. The summed E-state index contributed by atoms with van der Waals surface area (Å²) in [6, 6.07) is 0.0369. The lowest BCUT2D eigenvalue weighted by atomic mass is 10.0. The van der Waals surface area contributed by atoms with Crippen molar-refractivity contribution in [2.45, 2.75) is 25.3 Å². The van der Waals surface area contributed by atoms with E-state index in [1.807, 2.05) is 4.90 Å². The third-order valence-corrected chi connectivity index (χ3v) is 2.14.